The SMILES string of the molecule is CCNC(=NCC1CCCN1C)N1CCC(C(=O)OCC)CC1. The summed E-state index contributed by atoms with van der Waals surface area (Å²) in [6, 6.07) is 0.570. The summed E-state index contributed by atoms with van der Waals surface area (Å²) in [5.74, 6) is 1.01. The van der Waals surface area contributed by atoms with Crippen LogP contribution in [0.5, 0.6) is 0 Å². The molecule has 2 aliphatic rings. The molecule has 0 aromatic carbocycles. The number of guanidine groups is 1. The molecule has 132 valence electrons. The first-order valence-corrected chi connectivity index (χ1v) is 9.05. The monoisotopic (exact) mass is 324 g/mol. The molecule has 2 rings (SSSR count). The Kier molecular flexibility index (Phi) is 7.15. The van der Waals surface area contributed by atoms with E-state index >= 15 is 0 Å². The van der Waals surface area contributed by atoms with E-state index in [1.54, 1.807) is 0 Å². The molecule has 1 N–H and O–H groups in total. The van der Waals surface area contributed by atoms with Crippen LogP contribution in [0.2, 0.25) is 0 Å². The van der Waals surface area contributed by atoms with Crippen LogP contribution < -0.4 is 5.32 Å². The number of likely N-dealkylation sites (tertiary alicyclic amines) is 2. The molecule has 0 aliphatic carbocycles. The zero-order chi connectivity index (χ0) is 16.7. The van der Waals surface area contributed by atoms with Crippen molar-refractivity contribution in [3.63, 3.8) is 0 Å². The van der Waals surface area contributed by atoms with E-state index in [2.05, 4.69) is 29.1 Å². The Hall–Kier alpha value is -1.30. The number of carbonyl (C=O) groups is 1. The molecule has 0 spiro atoms. The Morgan fingerprint density at radius 3 is 2.52 bits per heavy atom. The number of nitrogens with zero attached hydrogens (tertiary/aromatic N) is 3. The van der Waals surface area contributed by atoms with Crippen molar-refractivity contribution in [1.82, 2.24) is 15.1 Å². The van der Waals surface area contributed by atoms with E-state index in [1.807, 2.05) is 6.92 Å². The van der Waals surface area contributed by atoms with Gasteiger partial charge in [-0.15, -0.1) is 0 Å². The summed E-state index contributed by atoms with van der Waals surface area (Å²) in [6.45, 7) is 9.09. The second-order valence-corrected chi connectivity index (χ2v) is 6.48. The summed E-state index contributed by atoms with van der Waals surface area (Å²) in [5.41, 5.74) is 0. The van der Waals surface area contributed by atoms with Gasteiger partial charge in [0.2, 0.25) is 0 Å². The van der Waals surface area contributed by atoms with E-state index < -0.39 is 0 Å². The fourth-order valence-corrected chi connectivity index (χ4v) is 3.41. The van der Waals surface area contributed by atoms with Gasteiger partial charge in [-0.2, -0.15) is 0 Å². The summed E-state index contributed by atoms with van der Waals surface area (Å²) in [6.07, 6.45) is 4.22. The average molecular weight is 324 g/mol. The molecule has 0 aromatic heterocycles. The second kappa shape index (κ2) is 9.11. The zero-order valence-corrected chi connectivity index (χ0v) is 14.9. The molecule has 2 heterocycles. The van der Waals surface area contributed by atoms with E-state index in [4.69, 9.17) is 9.73 Å². The lowest BCUT2D eigenvalue weighted by molar-refractivity contribution is -0.149. The molecule has 0 saturated carbocycles. The Morgan fingerprint density at radius 1 is 1.22 bits per heavy atom. The predicted molar refractivity (Wildman–Crippen MR) is 92.6 cm³/mol. The number of nitrogens with one attached hydrogen (secondary N) is 1. The Bertz CT molecular complexity index is 405. The molecular formula is C17H32N4O2. The number of piperidine rings is 1. The van der Waals surface area contributed by atoms with Gasteiger partial charge in [-0.3, -0.25) is 9.79 Å². The van der Waals surface area contributed by atoms with Crippen LogP contribution >= 0.6 is 0 Å². The third-order valence-corrected chi connectivity index (χ3v) is 4.87. The van der Waals surface area contributed by atoms with Crippen LogP contribution in [0.15, 0.2) is 4.99 Å². The fraction of sp³-hybridized carbons (Fsp3) is 0.882. The average Bonchev–Trinajstić information content (AvgIpc) is 2.97. The van der Waals surface area contributed by atoms with Gasteiger partial charge in [0.15, 0.2) is 5.96 Å². The van der Waals surface area contributed by atoms with Gasteiger partial charge in [0, 0.05) is 25.7 Å². The second-order valence-electron chi connectivity index (χ2n) is 6.48. The number of esters is 1. The molecule has 2 saturated heterocycles. The first-order valence-electron chi connectivity index (χ1n) is 9.05. The maximum Gasteiger partial charge on any atom is 0.309 e. The van der Waals surface area contributed by atoms with Crippen LogP contribution in [0, 0.1) is 5.92 Å². The lowest BCUT2D eigenvalue weighted by Gasteiger charge is -2.33. The maximum atomic E-state index is 11.8. The molecular weight excluding hydrogens is 292 g/mol. The van der Waals surface area contributed by atoms with Crippen LogP contribution in [0.3, 0.4) is 0 Å². The Morgan fingerprint density at radius 2 is 1.96 bits per heavy atom. The summed E-state index contributed by atoms with van der Waals surface area (Å²) in [4.78, 5) is 21.4. The minimum Gasteiger partial charge on any atom is -0.466 e. The molecule has 1 atom stereocenters. The minimum absolute atomic E-state index is 0.0401. The molecule has 23 heavy (non-hydrogen) atoms. The third kappa shape index (κ3) is 5.09. The topological polar surface area (TPSA) is 57.2 Å². The highest BCUT2D eigenvalue weighted by molar-refractivity contribution is 5.80. The Balaban J connectivity index is 1.87. The molecule has 2 fully saturated rings. The van der Waals surface area contributed by atoms with Gasteiger partial charge in [-0.25, -0.2) is 0 Å². The van der Waals surface area contributed by atoms with Crippen LogP contribution in [0.25, 0.3) is 0 Å². The van der Waals surface area contributed by atoms with Gasteiger partial charge in [0.25, 0.3) is 0 Å². The van der Waals surface area contributed by atoms with Crippen LogP contribution in [-0.4, -0.2) is 74.1 Å². The Labute approximate surface area is 140 Å². The summed E-state index contributed by atoms with van der Waals surface area (Å²) in [7, 11) is 2.19. The normalized spacial score (nSPS) is 24.0. The van der Waals surface area contributed by atoms with E-state index in [0.29, 0.717) is 12.6 Å². The van der Waals surface area contributed by atoms with E-state index in [9.17, 15) is 4.79 Å². The van der Waals surface area contributed by atoms with Crippen molar-refractivity contribution in [3.05, 3.63) is 0 Å². The van der Waals surface area contributed by atoms with Crippen molar-refractivity contribution in [1.29, 1.82) is 0 Å². The van der Waals surface area contributed by atoms with Crippen molar-refractivity contribution in [2.45, 2.75) is 45.6 Å². The molecule has 0 radical (unpaired) electrons. The summed E-state index contributed by atoms with van der Waals surface area (Å²) < 4.78 is 5.14. The predicted octanol–water partition coefficient (Wildman–Crippen LogP) is 1.32. The number of carbonyl (C=O) groups excluding carboxylic acids is 1. The van der Waals surface area contributed by atoms with Crippen LogP contribution in [-0.2, 0) is 9.53 Å². The van der Waals surface area contributed by atoms with Gasteiger partial charge >= 0.3 is 5.97 Å². The molecule has 0 aromatic rings. The molecule has 0 bridgehead atoms. The summed E-state index contributed by atoms with van der Waals surface area (Å²) >= 11 is 0. The van der Waals surface area contributed by atoms with Crippen LogP contribution in [0.1, 0.15) is 39.5 Å². The van der Waals surface area contributed by atoms with Crippen molar-refractivity contribution in [2.75, 3.05) is 46.4 Å². The van der Waals surface area contributed by atoms with Gasteiger partial charge in [-0.05, 0) is 53.1 Å². The smallest absolute Gasteiger partial charge is 0.309 e. The van der Waals surface area contributed by atoms with E-state index in [1.165, 1.54) is 19.4 Å². The minimum atomic E-state index is -0.0401. The van der Waals surface area contributed by atoms with Gasteiger partial charge < -0.3 is 19.9 Å². The quantitative estimate of drug-likeness (QED) is 0.470. The number of aliphatic imine (C=N–C) groups is 1. The third-order valence-electron chi connectivity index (χ3n) is 4.87. The molecule has 1 unspecified atom stereocenters. The first kappa shape index (κ1) is 18.0. The first-order chi connectivity index (χ1) is 11.2. The van der Waals surface area contributed by atoms with Gasteiger partial charge in [0.1, 0.15) is 0 Å². The van der Waals surface area contributed by atoms with Crippen molar-refractivity contribution >= 4 is 11.9 Å². The fourth-order valence-electron chi connectivity index (χ4n) is 3.41. The number of hydrogen-bond donors (Lipinski definition) is 1. The lowest BCUT2D eigenvalue weighted by Crippen LogP contribution is -2.47. The highest BCUT2D eigenvalue weighted by atomic mass is 16.5. The number of rotatable bonds is 5. The summed E-state index contributed by atoms with van der Waals surface area (Å²) in [5, 5.41) is 3.40. The molecule has 6 heteroatoms. The molecule has 6 nitrogen and oxygen atoms in total. The van der Waals surface area contributed by atoms with Crippen LogP contribution in [0.4, 0.5) is 0 Å². The largest absolute Gasteiger partial charge is 0.466 e. The van der Waals surface area contributed by atoms with E-state index in [-0.39, 0.29) is 11.9 Å². The highest BCUT2D eigenvalue weighted by Gasteiger charge is 2.27. The standard InChI is InChI=1S/C17H32N4O2/c1-4-18-17(19-13-15-7-6-10-20(15)3)21-11-8-14(9-12-21)16(22)23-5-2/h14-15H,4-13H2,1-3H3,(H,18,19). The number of likely N-dealkylation sites (N-methyl/N-ethyl adjacent to an activating group) is 1. The van der Waals surface area contributed by atoms with Crippen molar-refractivity contribution < 1.29 is 9.53 Å². The zero-order valence-electron chi connectivity index (χ0n) is 14.9. The number of hydrogen-bond acceptors (Lipinski definition) is 4. The van der Waals surface area contributed by atoms with E-state index in [0.717, 1.165) is 45.0 Å². The van der Waals surface area contributed by atoms with Crippen molar-refractivity contribution in [3.8, 4) is 0 Å². The maximum absolute atomic E-state index is 11.8. The lowest BCUT2D eigenvalue weighted by atomic mass is 9.97. The molecule has 2 aliphatic heterocycles. The highest BCUT2D eigenvalue weighted by Crippen LogP contribution is 2.19. The number of ether oxygens (including phenoxy) is 1. The van der Waals surface area contributed by atoms with Gasteiger partial charge in [0.05, 0.1) is 19.1 Å². The van der Waals surface area contributed by atoms with Gasteiger partial charge in [-0.1, -0.05) is 0 Å². The van der Waals surface area contributed by atoms with Crippen molar-refractivity contribution in [2.24, 2.45) is 10.9 Å². The molecule has 0 amide bonds.